The van der Waals surface area contributed by atoms with Gasteiger partial charge in [0.1, 0.15) is 0 Å². The van der Waals surface area contributed by atoms with Gasteiger partial charge in [-0.2, -0.15) is 0 Å². The Morgan fingerprint density at radius 3 is 1.18 bits per heavy atom. The monoisotopic (exact) mass is 386 g/mol. The van der Waals surface area contributed by atoms with E-state index in [9.17, 15) is 4.57 Å². The molecule has 0 rings (SSSR count). The maximum absolute atomic E-state index is 12.0. The summed E-state index contributed by atoms with van der Waals surface area (Å²) in [4.78, 5) is 0. The Hall–Kier alpha value is 1.85. The summed E-state index contributed by atoms with van der Waals surface area (Å²) in [5.74, 6) is -0.417. The highest BCUT2D eigenvalue weighted by atomic mass is 35.5. The molecule has 0 saturated heterocycles. The number of hydrogen-bond acceptors (Lipinski definition) is 4. The second-order valence-electron chi connectivity index (χ2n) is 2.46. The first-order valence-corrected chi connectivity index (χ1v) is 8.49. The third-order valence-corrected chi connectivity index (χ3v) is 5.05. The summed E-state index contributed by atoms with van der Waals surface area (Å²) in [6.07, 6.45) is 0. The molecule has 0 N–H and O–H groups in total. The lowest BCUT2D eigenvalue weighted by Gasteiger charge is -2.22. The molecule has 0 amide bonds. The molecule has 11 heteroatoms. The normalized spacial score (nSPS) is 20.6. The van der Waals surface area contributed by atoms with Gasteiger partial charge in [0.05, 0.1) is 17.6 Å². The number of halogens is 6. The number of alkyl halides is 6. The van der Waals surface area contributed by atoms with Crippen molar-refractivity contribution in [1.29, 1.82) is 0 Å². The van der Waals surface area contributed by atoms with Crippen molar-refractivity contribution in [3.8, 4) is 0 Å². The van der Waals surface area contributed by atoms with E-state index in [0.29, 0.717) is 0 Å². The van der Waals surface area contributed by atoms with E-state index >= 15 is 0 Å². The number of phosphoric acid groups is 1. The van der Waals surface area contributed by atoms with E-state index in [1.807, 2.05) is 0 Å². The summed E-state index contributed by atoms with van der Waals surface area (Å²) in [7, 11) is -4.09. The Morgan fingerprint density at radius 1 is 0.765 bits per heavy atom. The topological polar surface area (TPSA) is 44.8 Å². The van der Waals surface area contributed by atoms with E-state index in [4.69, 9.17) is 83.2 Å². The molecule has 0 aromatic heterocycles. The highest BCUT2D eigenvalue weighted by Crippen LogP contribution is 2.54. The van der Waals surface area contributed by atoms with Crippen molar-refractivity contribution in [1.82, 2.24) is 0 Å². The molecule has 0 aromatic rings. The average Bonchev–Trinajstić information content (AvgIpc) is 2.27. The summed E-state index contributed by atoms with van der Waals surface area (Å²) < 4.78 is 26.4. The SMILES string of the molecule is O=P(OC(Cl)CCl)(OC(Cl)CCl)OC(Cl)CCl. The molecular formula is C6H9Cl6O4P. The molecule has 3 unspecified atom stereocenters. The molecule has 0 saturated carbocycles. The molecule has 0 spiro atoms. The van der Waals surface area contributed by atoms with Crippen LogP contribution in [0.15, 0.2) is 0 Å². The standard InChI is InChI=1S/C6H9Cl6O4P/c7-1-4(10)14-17(13,15-5(11)2-8)16-6(12)3-9/h4-6H,1-3H2. The predicted octanol–water partition coefficient (Wildman–Crippen LogP) is 4.56. The van der Waals surface area contributed by atoms with Gasteiger partial charge >= 0.3 is 7.82 Å². The van der Waals surface area contributed by atoms with Crippen molar-refractivity contribution in [2.75, 3.05) is 17.6 Å². The summed E-state index contributed by atoms with van der Waals surface area (Å²) in [6, 6.07) is 0. The largest absolute Gasteiger partial charge is 0.479 e. The Bertz CT molecular complexity index is 219. The molecule has 17 heavy (non-hydrogen) atoms. The second-order valence-corrected chi connectivity index (χ2v) is 6.37. The van der Waals surface area contributed by atoms with Crippen LogP contribution >= 0.6 is 77.4 Å². The van der Waals surface area contributed by atoms with E-state index < -0.39 is 24.5 Å². The Morgan fingerprint density at radius 2 is 1.00 bits per heavy atom. The van der Waals surface area contributed by atoms with E-state index in [-0.39, 0.29) is 17.6 Å². The Balaban J connectivity index is 4.62. The Kier molecular flexibility index (Phi) is 10.8. The lowest BCUT2D eigenvalue weighted by Crippen LogP contribution is -2.16. The highest BCUT2D eigenvalue weighted by Gasteiger charge is 2.35. The molecule has 0 heterocycles. The van der Waals surface area contributed by atoms with Crippen molar-refractivity contribution in [2.24, 2.45) is 0 Å². The molecule has 0 aliphatic carbocycles. The first kappa shape index (κ1) is 18.9. The lowest BCUT2D eigenvalue weighted by atomic mass is 10.9. The van der Waals surface area contributed by atoms with Gasteiger partial charge in [0.2, 0.25) is 0 Å². The van der Waals surface area contributed by atoms with E-state index in [0.717, 1.165) is 0 Å². The average molecular weight is 389 g/mol. The molecule has 3 atom stereocenters. The molecule has 4 nitrogen and oxygen atoms in total. The van der Waals surface area contributed by atoms with Gasteiger partial charge in [-0.3, -0.25) is 13.6 Å². The zero-order valence-electron chi connectivity index (χ0n) is 8.20. The molecule has 0 aliphatic rings. The summed E-state index contributed by atoms with van der Waals surface area (Å²) in [5, 5.41) is 0. The fraction of sp³-hybridized carbons (Fsp3) is 1.00. The molecule has 0 aliphatic heterocycles. The van der Waals surface area contributed by atoms with Gasteiger partial charge in [-0.15, -0.1) is 34.8 Å². The fourth-order valence-corrected chi connectivity index (χ4v) is 3.12. The number of hydrogen-bond donors (Lipinski definition) is 0. The highest BCUT2D eigenvalue weighted by molar-refractivity contribution is 7.48. The van der Waals surface area contributed by atoms with Gasteiger partial charge in [0, 0.05) is 0 Å². The van der Waals surface area contributed by atoms with Crippen molar-refractivity contribution < 1.29 is 18.1 Å². The molecule has 0 bridgehead atoms. The first-order valence-electron chi connectivity index (χ1n) is 4.12. The Labute approximate surface area is 129 Å². The van der Waals surface area contributed by atoms with Crippen LogP contribution in [0.1, 0.15) is 0 Å². The minimum atomic E-state index is -4.09. The maximum atomic E-state index is 12.0. The quantitative estimate of drug-likeness (QED) is 0.429. The van der Waals surface area contributed by atoms with Crippen LogP contribution in [0.25, 0.3) is 0 Å². The van der Waals surface area contributed by atoms with Crippen LogP contribution in [-0.2, 0) is 18.1 Å². The minimum absolute atomic E-state index is 0.139. The predicted molar refractivity (Wildman–Crippen MR) is 71.9 cm³/mol. The zero-order chi connectivity index (χ0) is 13.5. The van der Waals surface area contributed by atoms with Crippen LogP contribution in [-0.4, -0.2) is 34.3 Å². The smallest absolute Gasteiger partial charge is 0.266 e. The van der Waals surface area contributed by atoms with Gasteiger partial charge in [-0.1, -0.05) is 34.8 Å². The molecule has 0 fully saturated rings. The second kappa shape index (κ2) is 9.71. The van der Waals surface area contributed by atoms with Crippen LogP contribution in [0.3, 0.4) is 0 Å². The minimum Gasteiger partial charge on any atom is -0.266 e. The molecular weight excluding hydrogens is 380 g/mol. The lowest BCUT2D eigenvalue weighted by molar-refractivity contribution is 0.0988. The van der Waals surface area contributed by atoms with Crippen molar-refractivity contribution in [3.05, 3.63) is 0 Å². The summed E-state index contributed by atoms with van der Waals surface area (Å²) in [5.41, 5.74) is -3.29. The third-order valence-electron chi connectivity index (χ3n) is 1.09. The zero-order valence-corrected chi connectivity index (χ0v) is 13.6. The fourth-order valence-electron chi connectivity index (χ4n) is 0.579. The van der Waals surface area contributed by atoms with Crippen LogP contribution in [0, 0.1) is 0 Å². The van der Waals surface area contributed by atoms with Crippen LogP contribution < -0.4 is 0 Å². The van der Waals surface area contributed by atoms with Crippen molar-refractivity contribution >= 4 is 77.4 Å². The van der Waals surface area contributed by atoms with Gasteiger partial charge in [-0.25, -0.2) is 4.57 Å². The van der Waals surface area contributed by atoms with Gasteiger partial charge in [0.25, 0.3) is 0 Å². The summed E-state index contributed by atoms with van der Waals surface area (Å²) in [6.45, 7) is 0. The van der Waals surface area contributed by atoms with E-state index in [1.54, 1.807) is 0 Å². The van der Waals surface area contributed by atoms with E-state index in [2.05, 4.69) is 0 Å². The molecule has 0 radical (unpaired) electrons. The number of rotatable bonds is 9. The van der Waals surface area contributed by atoms with Crippen LogP contribution in [0.5, 0.6) is 0 Å². The maximum Gasteiger partial charge on any atom is 0.479 e. The van der Waals surface area contributed by atoms with E-state index in [1.165, 1.54) is 0 Å². The van der Waals surface area contributed by atoms with Crippen molar-refractivity contribution in [3.63, 3.8) is 0 Å². The van der Waals surface area contributed by atoms with Crippen LogP contribution in [0.4, 0.5) is 0 Å². The molecule has 0 aromatic carbocycles. The third kappa shape index (κ3) is 8.59. The van der Waals surface area contributed by atoms with Crippen LogP contribution in [0.2, 0.25) is 0 Å². The van der Waals surface area contributed by atoms with Gasteiger partial charge in [-0.05, 0) is 0 Å². The summed E-state index contributed by atoms with van der Waals surface area (Å²) >= 11 is 32.9. The van der Waals surface area contributed by atoms with Gasteiger partial charge in [0.15, 0.2) is 16.7 Å². The molecule has 104 valence electrons. The van der Waals surface area contributed by atoms with Crippen molar-refractivity contribution in [2.45, 2.75) is 16.7 Å². The first-order chi connectivity index (χ1) is 7.86. The van der Waals surface area contributed by atoms with Gasteiger partial charge < -0.3 is 0 Å². The number of phosphoric ester groups is 1.